The summed E-state index contributed by atoms with van der Waals surface area (Å²) in [5.74, 6) is -1.14. The Morgan fingerprint density at radius 3 is 2.32 bits per heavy atom. The van der Waals surface area contributed by atoms with Gasteiger partial charge in [-0.2, -0.15) is 0 Å². The number of rotatable bonds is 2. The summed E-state index contributed by atoms with van der Waals surface area (Å²) < 4.78 is 5.94. The molecule has 2 aliphatic carbocycles. The lowest BCUT2D eigenvalue weighted by atomic mass is 9.83. The maximum Gasteiger partial charge on any atom is 0.319 e. The highest BCUT2D eigenvalue weighted by Crippen LogP contribution is 2.48. The van der Waals surface area contributed by atoms with Crippen LogP contribution in [0.4, 0.5) is 0 Å². The van der Waals surface area contributed by atoms with Crippen molar-refractivity contribution in [1.29, 1.82) is 0 Å². The molecule has 3 fully saturated rings. The van der Waals surface area contributed by atoms with Crippen LogP contribution in [0.15, 0.2) is 0 Å². The third kappa shape index (κ3) is 2.14. The molecule has 0 unspecified atom stereocenters. The third-order valence-electron chi connectivity index (χ3n) is 4.87. The van der Waals surface area contributed by atoms with Gasteiger partial charge in [-0.25, -0.2) is 0 Å². The lowest BCUT2D eigenvalue weighted by Crippen LogP contribution is -2.56. The molecule has 5 heteroatoms. The van der Waals surface area contributed by atoms with Gasteiger partial charge < -0.3 is 14.7 Å². The van der Waals surface area contributed by atoms with Crippen LogP contribution in [0.25, 0.3) is 0 Å². The van der Waals surface area contributed by atoms with Gasteiger partial charge in [0.05, 0.1) is 12.2 Å². The number of aliphatic carboxylic acids is 1. The number of hydrogen-bond donors (Lipinski definition) is 1. The molecule has 1 aliphatic heterocycles. The van der Waals surface area contributed by atoms with E-state index in [1.54, 1.807) is 4.90 Å². The molecular weight excluding hydrogens is 246 g/mol. The quantitative estimate of drug-likeness (QED) is 0.768. The van der Waals surface area contributed by atoms with Crippen molar-refractivity contribution < 1.29 is 19.4 Å². The monoisotopic (exact) mass is 267 g/mol. The van der Waals surface area contributed by atoms with Crippen molar-refractivity contribution in [3.63, 3.8) is 0 Å². The predicted molar refractivity (Wildman–Crippen MR) is 67.7 cm³/mol. The largest absolute Gasteiger partial charge is 0.480 e. The second kappa shape index (κ2) is 4.47. The second-order valence-corrected chi connectivity index (χ2v) is 6.21. The van der Waals surface area contributed by atoms with Gasteiger partial charge in [-0.15, -0.1) is 0 Å². The van der Waals surface area contributed by atoms with Gasteiger partial charge in [-0.05, 0) is 25.7 Å². The smallest absolute Gasteiger partial charge is 0.319 e. The zero-order valence-corrected chi connectivity index (χ0v) is 11.2. The minimum absolute atomic E-state index is 0.187. The molecule has 1 spiro atoms. The molecule has 3 rings (SSSR count). The summed E-state index contributed by atoms with van der Waals surface area (Å²) in [5.41, 5.74) is -1.30. The van der Waals surface area contributed by atoms with Crippen molar-refractivity contribution in [2.24, 2.45) is 5.41 Å². The van der Waals surface area contributed by atoms with E-state index in [2.05, 4.69) is 0 Å². The fraction of sp³-hybridized carbons (Fsp3) is 0.857. The first kappa shape index (κ1) is 12.9. The average Bonchev–Trinajstić information content (AvgIpc) is 3.20. The molecule has 0 radical (unpaired) electrons. The molecule has 5 nitrogen and oxygen atoms in total. The van der Waals surface area contributed by atoms with E-state index in [0.717, 1.165) is 25.7 Å². The lowest BCUT2D eigenvalue weighted by Gasteiger charge is -2.45. The van der Waals surface area contributed by atoms with Gasteiger partial charge in [0.1, 0.15) is 5.41 Å². The van der Waals surface area contributed by atoms with Gasteiger partial charge in [0.15, 0.2) is 0 Å². The van der Waals surface area contributed by atoms with Crippen LogP contribution in [0.3, 0.4) is 0 Å². The molecule has 19 heavy (non-hydrogen) atoms. The van der Waals surface area contributed by atoms with Crippen molar-refractivity contribution in [2.75, 3.05) is 19.7 Å². The Hall–Kier alpha value is -1.10. The molecule has 1 N–H and O–H groups in total. The second-order valence-electron chi connectivity index (χ2n) is 6.21. The number of ether oxygens (including phenoxy) is 1. The first-order valence-electron chi connectivity index (χ1n) is 7.25. The van der Waals surface area contributed by atoms with E-state index in [9.17, 15) is 14.7 Å². The molecule has 1 saturated heterocycles. The molecule has 0 aromatic heterocycles. The van der Waals surface area contributed by atoms with Crippen molar-refractivity contribution in [2.45, 2.75) is 50.5 Å². The van der Waals surface area contributed by atoms with Crippen LogP contribution >= 0.6 is 0 Å². The molecule has 0 bridgehead atoms. The Morgan fingerprint density at radius 2 is 1.74 bits per heavy atom. The molecule has 0 aromatic carbocycles. The zero-order chi connectivity index (χ0) is 13.5. The molecule has 0 aromatic rings. The third-order valence-corrected chi connectivity index (χ3v) is 4.87. The topological polar surface area (TPSA) is 66.8 Å². The van der Waals surface area contributed by atoms with E-state index < -0.39 is 11.4 Å². The number of carbonyl (C=O) groups is 2. The normalized spacial score (nSPS) is 28.1. The van der Waals surface area contributed by atoms with E-state index in [1.165, 1.54) is 6.42 Å². The maximum absolute atomic E-state index is 12.4. The molecule has 2 saturated carbocycles. The molecule has 106 valence electrons. The van der Waals surface area contributed by atoms with E-state index >= 15 is 0 Å². The van der Waals surface area contributed by atoms with Gasteiger partial charge in [0.2, 0.25) is 5.91 Å². The number of carboxylic acid groups (broad SMARTS) is 1. The van der Waals surface area contributed by atoms with E-state index in [0.29, 0.717) is 32.5 Å². The van der Waals surface area contributed by atoms with Crippen molar-refractivity contribution in [1.82, 2.24) is 4.90 Å². The standard InChI is InChI=1S/C14H21NO4/c16-11(14(6-7-14)12(17)18)15-8-9-19-13(10-15)4-2-1-3-5-13/h1-10H2,(H,17,18). The van der Waals surface area contributed by atoms with E-state index in [4.69, 9.17) is 4.74 Å². The highest BCUT2D eigenvalue weighted by Gasteiger charge is 2.59. The summed E-state index contributed by atoms with van der Waals surface area (Å²) in [7, 11) is 0. The van der Waals surface area contributed by atoms with Crippen LogP contribution in [0.1, 0.15) is 44.9 Å². The summed E-state index contributed by atoms with van der Waals surface area (Å²) in [4.78, 5) is 25.4. The van der Waals surface area contributed by atoms with Crippen LogP contribution in [-0.4, -0.2) is 47.2 Å². The van der Waals surface area contributed by atoms with Crippen LogP contribution < -0.4 is 0 Å². The van der Waals surface area contributed by atoms with Gasteiger partial charge in [0.25, 0.3) is 0 Å². The number of hydrogen-bond acceptors (Lipinski definition) is 3. The van der Waals surface area contributed by atoms with Crippen LogP contribution in [0.2, 0.25) is 0 Å². The van der Waals surface area contributed by atoms with Crippen LogP contribution in [0, 0.1) is 5.41 Å². The highest BCUT2D eigenvalue weighted by molar-refractivity contribution is 6.04. The fourth-order valence-corrected chi connectivity index (χ4v) is 3.46. The number of morpholine rings is 1. The van der Waals surface area contributed by atoms with Gasteiger partial charge in [-0.3, -0.25) is 9.59 Å². The Balaban J connectivity index is 1.71. The molecule has 1 amide bonds. The van der Waals surface area contributed by atoms with Gasteiger partial charge in [-0.1, -0.05) is 19.3 Å². The number of amides is 1. The van der Waals surface area contributed by atoms with E-state index in [1.807, 2.05) is 0 Å². The minimum atomic E-state index is -1.10. The first-order valence-corrected chi connectivity index (χ1v) is 7.25. The SMILES string of the molecule is O=C(O)C1(C(=O)N2CCOC3(CCCCC3)C2)CC1. The van der Waals surface area contributed by atoms with Crippen molar-refractivity contribution >= 4 is 11.9 Å². The zero-order valence-electron chi connectivity index (χ0n) is 11.2. The maximum atomic E-state index is 12.4. The predicted octanol–water partition coefficient (Wildman–Crippen LogP) is 1.41. The number of carbonyl (C=O) groups excluding carboxylic acids is 1. The summed E-state index contributed by atoms with van der Waals surface area (Å²) in [6.07, 6.45) is 6.50. The number of carboxylic acids is 1. The van der Waals surface area contributed by atoms with Crippen molar-refractivity contribution in [3.8, 4) is 0 Å². The lowest BCUT2D eigenvalue weighted by molar-refractivity contribution is -0.167. The van der Waals surface area contributed by atoms with Crippen LogP contribution in [0.5, 0.6) is 0 Å². The van der Waals surface area contributed by atoms with Gasteiger partial charge >= 0.3 is 5.97 Å². The highest BCUT2D eigenvalue weighted by atomic mass is 16.5. The Labute approximate surface area is 112 Å². The minimum Gasteiger partial charge on any atom is -0.480 e. The summed E-state index contributed by atoms with van der Waals surface area (Å²) in [6, 6.07) is 0. The summed E-state index contributed by atoms with van der Waals surface area (Å²) >= 11 is 0. The molecule has 1 heterocycles. The average molecular weight is 267 g/mol. The Kier molecular flexibility index (Phi) is 3.04. The van der Waals surface area contributed by atoms with Gasteiger partial charge in [0, 0.05) is 13.1 Å². The molecule has 3 aliphatic rings. The Morgan fingerprint density at radius 1 is 1.05 bits per heavy atom. The summed E-state index contributed by atoms with van der Waals surface area (Å²) in [5, 5.41) is 9.23. The number of nitrogens with zero attached hydrogens (tertiary/aromatic N) is 1. The van der Waals surface area contributed by atoms with Crippen LogP contribution in [-0.2, 0) is 14.3 Å². The first-order chi connectivity index (χ1) is 9.08. The molecule has 0 atom stereocenters. The fourth-order valence-electron chi connectivity index (χ4n) is 3.46. The van der Waals surface area contributed by atoms with Crippen molar-refractivity contribution in [3.05, 3.63) is 0 Å². The van der Waals surface area contributed by atoms with E-state index in [-0.39, 0.29) is 11.5 Å². The molecular formula is C14H21NO4. The summed E-state index contributed by atoms with van der Waals surface area (Å²) in [6.45, 7) is 1.66. The Bertz CT molecular complexity index is 391.